The molecular formula is C11H14FNO. The molecule has 1 aliphatic heterocycles. The quantitative estimate of drug-likeness (QED) is 0.792. The molecule has 1 aromatic rings. The molecule has 0 aromatic heterocycles. The highest BCUT2D eigenvalue weighted by atomic mass is 19.1. The number of benzene rings is 1. The fraction of sp³-hybridized carbons (Fsp3) is 0.455. The van der Waals surface area contributed by atoms with Crippen molar-refractivity contribution in [2.75, 3.05) is 13.1 Å². The maximum atomic E-state index is 12.6. The summed E-state index contributed by atoms with van der Waals surface area (Å²) in [6, 6.07) is 6.45. The molecule has 1 atom stereocenters. The zero-order valence-corrected chi connectivity index (χ0v) is 8.00. The molecule has 3 heteroatoms. The van der Waals surface area contributed by atoms with Crippen LogP contribution < -0.4 is 5.32 Å². The summed E-state index contributed by atoms with van der Waals surface area (Å²) in [6.07, 6.45) is 1.39. The Labute approximate surface area is 83.1 Å². The third-order valence-electron chi connectivity index (χ3n) is 2.41. The zero-order valence-electron chi connectivity index (χ0n) is 8.00. The molecule has 0 aliphatic carbocycles. The summed E-state index contributed by atoms with van der Waals surface area (Å²) in [5, 5.41) is 3.23. The molecule has 1 heterocycles. The first kappa shape index (κ1) is 9.62. The van der Waals surface area contributed by atoms with E-state index in [4.69, 9.17) is 4.74 Å². The molecule has 1 saturated heterocycles. The van der Waals surface area contributed by atoms with Gasteiger partial charge in [0, 0.05) is 6.54 Å². The Morgan fingerprint density at radius 2 is 2.14 bits per heavy atom. The number of rotatable bonds is 3. The van der Waals surface area contributed by atoms with Crippen molar-refractivity contribution in [3.05, 3.63) is 35.6 Å². The molecule has 14 heavy (non-hydrogen) atoms. The average molecular weight is 195 g/mol. The van der Waals surface area contributed by atoms with Crippen LogP contribution in [0.3, 0.4) is 0 Å². The Morgan fingerprint density at radius 1 is 1.36 bits per heavy atom. The molecule has 2 rings (SSSR count). The van der Waals surface area contributed by atoms with Gasteiger partial charge in [-0.3, -0.25) is 0 Å². The lowest BCUT2D eigenvalue weighted by Crippen LogP contribution is -2.16. The van der Waals surface area contributed by atoms with E-state index in [9.17, 15) is 4.39 Å². The van der Waals surface area contributed by atoms with Crippen LogP contribution in [0.25, 0.3) is 0 Å². The van der Waals surface area contributed by atoms with E-state index in [0.717, 1.165) is 25.1 Å². The van der Waals surface area contributed by atoms with Gasteiger partial charge in [-0.25, -0.2) is 4.39 Å². The topological polar surface area (TPSA) is 21.3 Å². The normalized spacial score (nSPS) is 21.4. The summed E-state index contributed by atoms with van der Waals surface area (Å²) in [6.45, 7) is 2.54. The van der Waals surface area contributed by atoms with Crippen LogP contribution in [0.15, 0.2) is 24.3 Å². The zero-order chi connectivity index (χ0) is 9.80. The fourth-order valence-electron chi connectivity index (χ4n) is 1.57. The molecule has 1 fully saturated rings. The van der Waals surface area contributed by atoms with E-state index in [1.54, 1.807) is 12.1 Å². The lowest BCUT2D eigenvalue weighted by atomic mass is 10.2. The van der Waals surface area contributed by atoms with E-state index in [2.05, 4.69) is 5.32 Å². The van der Waals surface area contributed by atoms with Gasteiger partial charge in [-0.2, -0.15) is 0 Å². The molecule has 0 unspecified atom stereocenters. The van der Waals surface area contributed by atoms with Crippen molar-refractivity contribution >= 4 is 0 Å². The molecule has 76 valence electrons. The van der Waals surface area contributed by atoms with Crippen LogP contribution in [-0.4, -0.2) is 19.2 Å². The van der Waals surface area contributed by atoms with Gasteiger partial charge >= 0.3 is 0 Å². The van der Waals surface area contributed by atoms with Gasteiger partial charge in [0.05, 0.1) is 12.7 Å². The van der Waals surface area contributed by atoms with Crippen molar-refractivity contribution in [2.45, 2.75) is 19.1 Å². The van der Waals surface area contributed by atoms with Gasteiger partial charge in [-0.1, -0.05) is 12.1 Å². The van der Waals surface area contributed by atoms with Gasteiger partial charge in [-0.05, 0) is 30.7 Å². The van der Waals surface area contributed by atoms with E-state index in [-0.39, 0.29) is 5.82 Å². The first-order valence-corrected chi connectivity index (χ1v) is 4.91. The van der Waals surface area contributed by atoms with Crippen molar-refractivity contribution in [2.24, 2.45) is 0 Å². The molecule has 0 saturated carbocycles. The number of halogens is 1. The number of hydrogen-bond acceptors (Lipinski definition) is 2. The van der Waals surface area contributed by atoms with Crippen LogP contribution in [0, 0.1) is 5.82 Å². The number of ether oxygens (including phenoxy) is 1. The lowest BCUT2D eigenvalue weighted by molar-refractivity contribution is 0.0542. The first-order chi connectivity index (χ1) is 6.84. The van der Waals surface area contributed by atoms with Crippen molar-refractivity contribution in [1.82, 2.24) is 5.32 Å². The molecule has 0 spiro atoms. The van der Waals surface area contributed by atoms with Gasteiger partial charge in [0.15, 0.2) is 0 Å². The van der Waals surface area contributed by atoms with Gasteiger partial charge in [-0.15, -0.1) is 0 Å². The van der Waals surface area contributed by atoms with Crippen LogP contribution in [-0.2, 0) is 11.3 Å². The van der Waals surface area contributed by atoms with Crippen LogP contribution in [0.1, 0.15) is 12.0 Å². The average Bonchev–Trinajstić information content (AvgIpc) is 2.70. The minimum Gasteiger partial charge on any atom is -0.372 e. The van der Waals surface area contributed by atoms with Crippen LogP contribution in [0.2, 0.25) is 0 Å². The van der Waals surface area contributed by atoms with E-state index in [1.807, 2.05) is 0 Å². The third-order valence-corrected chi connectivity index (χ3v) is 2.41. The molecule has 0 bridgehead atoms. The summed E-state index contributed by atoms with van der Waals surface area (Å²) in [7, 11) is 0. The Kier molecular flexibility index (Phi) is 3.11. The van der Waals surface area contributed by atoms with E-state index in [1.165, 1.54) is 12.1 Å². The van der Waals surface area contributed by atoms with Crippen LogP contribution in [0.5, 0.6) is 0 Å². The maximum absolute atomic E-state index is 12.6. The monoisotopic (exact) mass is 195 g/mol. The Morgan fingerprint density at radius 3 is 2.79 bits per heavy atom. The molecular weight excluding hydrogens is 181 g/mol. The summed E-state index contributed by atoms with van der Waals surface area (Å²) >= 11 is 0. The molecule has 2 nitrogen and oxygen atoms in total. The van der Waals surface area contributed by atoms with Crippen LogP contribution in [0.4, 0.5) is 4.39 Å². The summed E-state index contributed by atoms with van der Waals surface area (Å²) in [5.74, 6) is -0.198. The van der Waals surface area contributed by atoms with Crippen molar-refractivity contribution < 1.29 is 9.13 Å². The van der Waals surface area contributed by atoms with Gasteiger partial charge in [0.1, 0.15) is 5.82 Å². The SMILES string of the molecule is Fc1ccc(CO[C@H]2CCNC2)cc1. The van der Waals surface area contributed by atoms with Crippen molar-refractivity contribution in [1.29, 1.82) is 0 Å². The van der Waals surface area contributed by atoms with Gasteiger partial charge in [0.2, 0.25) is 0 Å². The fourth-order valence-corrected chi connectivity index (χ4v) is 1.57. The number of nitrogens with one attached hydrogen (secondary N) is 1. The molecule has 1 aliphatic rings. The second-order valence-corrected chi connectivity index (χ2v) is 3.55. The minimum absolute atomic E-state index is 0.198. The van der Waals surface area contributed by atoms with Gasteiger partial charge in [0.25, 0.3) is 0 Å². The predicted octanol–water partition coefficient (Wildman–Crippen LogP) is 1.70. The third kappa shape index (κ3) is 2.53. The first-order valence-electron chi connectivity index (χ1n) is 4.91. The summed E-state index contributed by atoms with van der Waals surface area (Å²) < 4.78 is 18.2. The predicted molar refractivity (Wildman–Crippen MR) is 52.5 cm³/mol. The van der Waals surface area contributed by atoms with E-state index in [0.29, 0.717) is 12.7 Å². The Balaban J connectivity index is 1.82. The largest absolute Gasteiger partial charge is 0.372 e. The highest BCUT2D eigenvalue weighted by Gasteiger charge is 2.14. The highest BCUT2D eigenvalue weighted by Crippen LogP contribution is 2.09. The molecule has 1 aromatic carbocycles. The summed E-state index contributed by atoms with van der Waals surface area (Å²) in [4.78, 5) is 0. The molecule has 0 radical (unpaired) electrons. The van der Waals surface area contributed by atoms with Gasteiger partial charge < -0.3 is 10.1 Å². The standard InChI is InChI=1S/C11H14FNO/c12-10-3-1-9(2-4-10)8-14-11-5-6-13-7-11/h1-4,11,13H,5-8H2/t11-/m0/s1. The molecule has 0 amide bonds. The highest BCUT2D eigenvalue weighted by molar-refractivity contribution is 5.15. The minimum atomic E-state index is -0.198. The second kappa shape index (κ2) is 4.53. The number of hydrogen-bond donors (Lipinski definition) is 1. The van der Waals surface area contributed by atoms with Crippen LogP contribution >= 0.6 is 0 Å². The van der Waals surface area contributed by atoms with Crippen molar-refractivity contribution in [3.8, 4) is 0 Å². The second-order valence-electron chi connectivity index (χ2n) is 3.55. The lowest BCUT2D eigenvalue weighted by Gasteiger charge is -2.09. The smallest absolute Gasteiger partial charge is 0.123 e. The maximum Gasteiger partial charge on any atom is 0.123 e. The Bertz CT molecular complexity index is 280. The molecule has 1 N–H and O–H groups in total. The van der Waals surface area contributed by atoms with E-state index >= 15 is 0 Å². The summed E-state index contributed by atoms with van der Waals surface area (Å²) in [5.41, 5.74) is 1.03. The van der Waals surface area contributed by atoms with E-state index < -0.39 is 0 Å². The van der Waals surface area contributed by atoms with Crippen molar-refractivity contribution in [3.63, 3.8) is 0 Å². The Hall–Kier alpha value is -0.930.